The normalized spacial score (nSPS) is 15.1. The lowest BCUT2D eigenvalue weighted by molar-refractivity contribution is -0.140. The Morgan fingerprint density at radius 2 is 1.90 bits per heavy atom. The summed E-state index contributed by atoms with van der Waals surface area (Å²) in [6.45, 7) is 4.66. The van der Waals surface area contributed by atoms with Gasteiger partial charge in [-0.05, 0) is 54.8 Å². The number of benzene rings is 2. The molecule has 0 bridgehead atoms. The van der Waals surface area contributed by atoms with Gasteiger partial charge < -0.3 is 18.9 Å². The number of unbranched alkanes of at least 4 members (excludes halogenated alkanes) is 1. The average Bonchev–Trinajstić information content (AvgIpc) is 3.23. The van der Waals surface area contributed by atoms with Crippen molar-refractivity contribution in [3.8, 4) is 11.5 Å². The minimum absolute atomic E-state index is 0.0614. The van der Waals surface area contributed by atoms with Gasteiger partial charge in [-0.1, -0.05) is 60.0 Å². The Bertz CT molecular complexity index is 1610. The molecule has 0 N–H and O–H groups in total. The summed E-state index contributed by atoms with van der Waals surface area (Å²) >= 11 is 13.6. The predicted octanol–water partition coefficient (Wildman–Crippen LogP) is 4.92. The summed E-state index contributed by atoms with van der Waals surface area (Å²) in [5, 5.41) is 0.906. The van der Waals surface area contributed by atoms with Crippen molar-refractivity contribution in [2.24, 2.45) is 4.99 Å². The maximum absolute atomic E-state index is 13.9. The molecule has 1 aliphatic rings. The van der Waals surface area contributed by atoms with E-state index >= 15 is 0 Å². The minimum Gasteiger partial charge on any atom is -0.493 e. The highest BCUT2D eigenvalue weighted by atomic mass is 35.5. The van der Waals surface area contributed by atoms with Crippen LogP contribution in [-0.4, -0.2) is 44.6 Å². The van der Waals surface area contributed by atoms with Crippen LogP contribution in [0.15, 0.2) is 57.5 Å². The number of carbonyl (C=O) groups excluding carboxylic acids is 1. The Labute approximate surface area is 246 Å². The summed E-state index contributed by atoms with van der Waals surface area (Å²) in [4.78, 5) is 32.3. The van der Waals surface area contributed by atoms with Crippen molar-refractivity contribution in [1.29, 1.82) is 0 Å². The topological polar surface area (TPSA) is 88.4 Å². The molecule has 1 atom stereocenters. The molecule has 0 spiro atoms. The highest BCUT2D eigenvalue weighted by Crippen LogP contribution is 2.36. The van der Waals surface area contributed by atoms with Crippen LogP contribution in [0, 0.1) is 0 Å². The summed E-state index contributed by atoms with van der Waals surface area (Å²) in [5.41, 5.74) is 1.66. The molecule has 2 heterocycles. The fraction of sp³-hybridized carbons (Fsp3) is 0.345. The molecule has 1 unspecified atom stereocenters. The van der Waals surface area contributed by atoms with Gasteiger partial charge in [-0.25, -0.2) is 9.79 Å². The third-order valence-electron chi connectivity index (χ3n) is 6.27. The van der Waals surface area contributed by atoms with Crippen molar-refractivity contribution in [2.45, 2.75) is 32.7 Å². The van der Waals surface area contributed by atoms with E-state index < -0.39 is 12.0 Å². The van der Waals surface area contributed by atoms with Crippen LogP contribution in [0.4, 0.5) is 0 Å². The van der Waals surface area contributed by atoms with Crippen molar-refractivity contribution in [1.82, 2.24) is 4.57 Å². The van der Waals surface area contributed by atoms with Crippen LogP contribution in [-0.2, 0) is 14.3 Å². The van der Waals surface area contributed by atoms with Crippen LogP contribution in [0.3, 0.4) is 0 Å². The van der Waals surface area contributed by atoms with Crippen molar-refractivity contribution in [3.63, 3.8) is 0 Å². The van der Waals surface area contributed by atoms with E-state index in [9.17, 15) is 9.59 Å². The van der Waals surface area contributed by atoms with Gasteiger partial charge in [0.25, 0.3) is 5.56 Å². The van der Waals surface area contributed by atoms with Gasteiger partial charge in [0.2, 0.25) is 0 Å². The molecule has 0 amide bonds. The Morgan fingerprint density at radius 1 is 1.10 bits per heavy atom. The molecule has 3 aromatic rings. The molecule has 0 fully saturated rings. The van der Waals surface area contributed by atoms with Crippen LogP contribution in [0.2, 0.25) is 10.0 Å². The van der Waals surface area contributed by atoms with Crippen LogP contribution >= 0.6 is 34.5 Å². The molecule has 1 aliphatic heterocycles. The lowest BCUT2D eigenvalue weighted by atomic mass is 9.95. The zero-order valence-electron chi connectivity index (χ0n) is 22.7. The predicted molar refractivity (Wildman–Crippen MR) is 156 cm³/mol. The van der Waals surface area contributed by atoms with E-state index in [1.807, 2.05) is 6.07 Å². The number of allylic oxidation sites excluding steroid dienone is 1. The summed E-state index contributed by atoms with van der Waals surface area (Å²) in [6.07, 6.45) is 3.59. The lowest BCUT2D eigenvalue weighted by Crippen LogP contribution is -2.40. The summed E-state index contributed by atoms with van der Waals surface area (Å²) in [5.74, 6) is 0.486. The molecule has 0 radical (unpaired) electrons. The third kappa shape index (κ3) is 6.44. The molecule has 40 heavy (non-hydrogen) atoms. The Kier molecular flexibility index (Phi) is 10.1. The van der Waals surface area contributed by atoms with E-state index in [0.717, 1.165) is 12.8 Å². The molecular formula is C29H30Cl2N2O6S. The number of hydrogen-bond donors (Lipinski definition) is 0. The van der Waals surface area contributed by atoms with E-state index in [1.54, 1.807) is 50.4 Å². The smallest absolute Gasteiger partial charge is 0.338 e. The van der Waals surface area contributed by atoms with Crippen molar-refractivity contribution < 1.29 is 23.7 Å². The maximum atomic E-state index is 13.9. The molecule has 11 heteroatoms. The minimum atomic E-state index is -0.812. The first-order chi connectivity index (χ1) is 19.3. The number of nitrogens with zero attached hydrogens (tertiary/aromatic N) is 2. The number of methoxy groups -OCH3 is 2. The SMILES string of the molecule is CCCCOc1ccc(C2C(C(=O)OCCOC)=C(C)N=c3sc(=Cc4ccc(Cl)cc4Cl)c(=O)n32)cc1OC. The summed E-state index contributed by atoms with van der Waals surface area (Å²) in [6, 6.07) is 9.64. The van der Waals surface area contributed by atoms with Gasteiger partial charge in [-0.3, -0.25) is 9.36 Å². The molecule has 4 rings (SSSR count). The number of rotatable bonds is 11. The number of esters is 1. The molecule has 212 valence electrons. The largest absolute Gasteiger partial charge is 0.493 e. The van der Waals surface area contributed by atoms with Crippen LogP contribution in [0.5, 0.6) is 11.5 Å². The second-order valence-corrected chi connectivity index (χ2v) is 10.8. The number of halogens is 2. The molecule has 2 aromatic carbocycles. The zero-order chi connectivity index (χ0) is 28.8. The number of fused-ring (bicyclic) bond motifs is 1. The quantitative estimate of drug-likeness (QED) is 0.228. The molecule has 8 nitrogen and oxygen atoms in total. The van der Waals surface area contributed by atoms with Gasteiger partial charge in [-0.15, -0.1) is 0 Å². The van der Waals surface area contributed by atoms with E-state index in [1.165, 1.54) is 23.0 Å². The molecule has 0 aliphatic carbocycles. The highest BCUT2D eigenvalue weighted by Gasteiger charge is 2.34. The van der Waals surface area contributed by atoms with E-state index in [0.29, 0.717) is 54.3 Å². The number of thiazole rings is 1. The summed E-state index contributed by atoms with van der Waals surface area (Å²) in [7, 11) is 3.07. The average molecular weight is 606 g/mol. The molecule has 0 saturated heterocycles. The number of hydrogen-bond acceptors (Lipinski definition) is 8. The maximum Gasteiger partial charge on any atom is 0.338 e. The molecule has 1 aromatic heterocycles. The zero-order valence-corrected chi connectivity index (χ0v) is 25.0. The summed E-state index contributed by atoms with van der Waals surface area (Å²) < 4.78 is 23.9. The van der Waals surface area contributed by atoms with Gasteiger partial charge in [0.1, 0.15) is 6.61 Å². The Hall–Kier alpha value is -3.11. The number of carbonyl (C=O) groups is 1. The molecular weight excluding hydrogens is 575 g/mol. The number of ether oxygens (including phenoxy) is 4. The van der Waals surface area contributed by atoms with E-state index in [2.05, 4.69) is 11.9 Å². The van der Waals surface area contributed by atoms with Crippen molar-refractivity contribution in [3.05, 3.63) is 88.5 Å². The van der Waals surface area contributed by atoms with Gasteiger partial charge in [-0.2, -0.15) is 0 Å². The van der Waals surface area contributed by atoms with Gasteiger partial charge in [0.05, 0.1) is 42.2 Å². The number of aromatic nitrogens is 1. The van der Waals surface area contributed by atoms with E-state index in [-0.39, 0.29) is 24.3 Å². The van der Waals surface area contributed by atoms with Crippen molar-refractivity contribution >= 4 is 46.6 Å². The van der Waals surface area contributed by atoms with Crippen molar-refractivity contribution in [2.75, 3.05) is 34.0 Å². The van der Waals surface area contributed by atoms with Crippen LogP contribution in [0.25, 0.3) is 6.08 Å². The van der Waals surface area contributed by atoms with Gasteiger partial charge >= 0.3 is 5.97 Å². The standard InChI is InChI=1S/C29H30Cl2N2O6S/c1-5-6-11-38-22-10-8-19(14-23(22)37-4)26-25(28(35)39-13-12-36-3)17(2)32-29-33(26)27(34)24(40-29)15-18-7-9-20(30)16-21(18)31/h7-10,14-16,26H,5-6,11-13H2,1-4H3. The second-order valence-electron chi connectivity index (χ2n) is 8.99. The van der Waals surface area contributed by atoms with Crippen LogP contribution in [0.1, 0.15) is 43.9 Å². The Balaban J connectivity index is 1.88. The van der Waals surface area contributed by atoms with Gasteiger partial charge in [0.15, 0.2) is 16.3 Å². The fourth-order valence-electron chi connectivity index (χ4n) is 4.25. The second kappa shape index (κ2) is 13.5. The van der Waals surface area contributed by atoms with E-state index in [4.69, 9.17) is 42.1 Å². The first-order valence-corrected chi connectivity index (χ1v) is 14.3. The first kappa shape index (κ1) is 29.9. The van der Waals surface area contributed by atoms with Crippen LogP contribution < -0.4 is 24.4 Å². The monoisotopic (exact) mass is 604 g/mol. The third-order valence-corrected chi connectivity index (χ3v) is 7.82. The fourth-order valence-corrected chi connectivity index (χ4v) is 5.75. The lowest BCUT2D eigenvalue weighted by Gasteiger charge is -2.25. The van der Waals surface area contributed by atoms with Gasteiger partial charge in [0, 0.05) is 17.2 Å². The Morgan fingerprint density at radius 3 is 2.60 bits per heavy atom. The molecule has 0 saturated carbocycles. The first-order valence-electron chi connectivity index (χ1n) is 12.7. The highest BCUT2D eigenvalue weighted by molar-refractivity contribution is 7.07.